The fourth-order valence-electron chi connectivity index (χ4n) is 2.30. The maximum atomic E-state index is 4.35. The molecule has 2 nitrogen and oxygen atoms in total. The molecular weight excluding hydrogens is 256 g/mol. The molecule has 1 aromatic heterocycles. The minimum Gasteiger partial charge on any atom is -0.366 e. The summed E-state index contributed by atoms with van der Waals surface area (Å²) < 4.78 is 0. The Morgan fingerprint density at radius 2 is 1.52 bits per heavy atom. The Kier molecular flexibility index (Phi) is 3.97. The number of pyridine rings is 1. The summed E-state index contributed by atoms with van der Waals surface area (Å²) in [4.78, 5) is 4.35. The van der Waals surface area contributed by atoms with Gasteiger partial charge in [-0.3, -0.25) is 0 Å². The molecule has 21 heavy (non-hydrogen) atoms. The van der Waals surface area contributed by atoms with Gasteiger partial charge in [0.1, 0.15) is 5.82 Å². The van der Waals surface area contributed by atoms with E-state index in [-0.39, 0.29) is 0 Å². The molecule has 0 amide bonds. The summed E-state index contributed by atoms with van der Waals surface area (Å²) in [7, 11) is 0. The number of aryl methyl sites for hydroxylation is 1. The van der Waals surface area contributed by atoms with E-state index in [0.717, 1.165) is 12.4 Å². The van der Waals surface area contributed by atoms with Crippen LogP contribution in [-0.2, 0) is 6.54 Å². The molecule has 1 heterocycles. The topological polar surface area (TPSA) is 24.9 Å². The Bertz CT molecular complexity index is 703. The predicted octanol–water partition coefficient (Wildman–Crippen LogP) is 4.67. The summed E-state index contributed by atoms with van der Waals surface area (Å²) in [5.41, 5.74) is 4.91. The molecule has 0 aliphatic carbocycles. The lowest BCUT2D eigenvalue weighted by molar-refractivity contribution is 1.10. The van der Waals surface area contributed by atoms with Gasteiger partial charge in [-0.2, -0.15) is 0 Å². The highest BCUT2D eigenvalue weighted by Gasteiger charge is 2.00. The second kappa shape index (κ2) is 6.23. The first kappa shape index (κ1) is 13.4. The van der Waals surface area contributed by atoms with Crippen molar-refractivity contribution in [2.45, 2.75) is 13.5 Å². The Balaban J connectivity index is 1.69. The van der Waals surface area contributed by atoms with Gasteiger partial charge in [-0.15, -0.1) is 0 Å². The first-order valence-corrected chi connectivity index (χ1v) is 7.13. The predicted molar refractivity (Wildman–Crippen MR) is 88.2 cm³/mol. The SMILES string of the molecule is Cc1cccnc1NCc1ccc(-c2ccccc2)cc1. The fourth-order valence-corrected chi connectivity index (χ4v) is 2.30. The molecule has 2 aromatic carbocycles. The van der Waals surface area contributed by atoms with E-state index in [2.05, 4.69) is 71.8 Å². The summed E-state index contributed by atoms with van der Waals surface area (Å²) in [6.07, 6.45) is 1.81. The van der Waals surface area contributed by atoms with Crippen molar-refractivity contribution in [3.05, 3.63) is 84.1 Å². The van der Waals surface area contributed by atoms with Gasteiger partial charge in [0.05, 0.1) is 0 Å². The molecule has 0 aliphatic rings. The molecule has 1 N–H and O–H groups in total. The van der Waals surface area contributed by atoms with Crippen molar-refractivity contribution >= 4 is 5.82 Å². The van der Waals surface area contributed by atoms with E-state index in [4.69, 9.17) is 0 Å². The number of nitrogens with zero attached hydrogens (tertiary/aromatic N) is 1. The number of anilines is 1. The largest absolute Gasteiger partial charge is 0.366 e. The van der Waals surface area contributed by atoms with Crippen LogP contribution in [0.2, 0.25) is 0 Å². The molecule has 0 saturated carbocycles. The Morgan fingerprint density at radius 3 is 2.24 bits per heavy atom. The van der Waals surface area contributed by atoms with Gasteiger partial charge in [0.2, 0.25) is 0 Å². The highest BCUT2D eigenvalue weighted by Crippen LogP contribution is 2.19. The maximum Gasteiger partial charge on any atom is 0.129 e. The van der Waals surface area contributed by atoms with Gasteiger partial charge in [0.15, 0.2) is 0 Å². The molecule has 0 unspecified atom stereocenters. The molecule has 3 rings (SSSR count). The fraction of sp³-hybridized carbons (Fsp3) is 0.105. The monoisotopic (exact) mass is 274 g/mol. The van der Waals surface area contributed by atoms with Gasteiger partial charge in [0.25, 0.3) is 0 Å². The van der Waals surface area contributed by atoms with Crippen LogP contribution in [0, 0.1) is 6.92 Å². The van der Waals surface area contributed by atoms with Crippen molar-refractivity contribution in [1.82, 2.24) is 4.98 Å². The van der Waals surface area contributed by atoms with Crippen LogP contribution in [0.15, 0.2) is 72.9 Å². The minimum absolute atomic E-state index is 0.785. The van der Waals surface area contributed by atoms with Crippen molar-refractivity contribution in [3.63, 3.8) is 0 Å². The molecule has 3 aromatic rings. The van der Waals surface area contributed by atoms with E-state index in [9.17, 15) is 0 Å². The Morgan fingerprint density at radius 1 is 0.810 bits per heavy atom. The van der Waals surface area contributed by atoms with Crippen LogP contribution in [0.25, 0.3) is 11.1 Å². The van der Waals surface area contributed by atoms with Gasteiger partial charge in [-0.05, 0) is 35.2 Å². The van der Waals surface area contributed by atoms with Crippen LogP contribution in [0.5, 0.6) is 0 Å². The quantitative estimate of drug-likeness (QED) is 0.748. The molecule has 0 spiro atoms. The van der Waals surface area contributed by atoms with Gasteiger partial charge >= 0.3 is 0 Å². The lowest BCUT2D eigenvalue weighted by Gasteiger charge is -2.09. The standard InChI is InChI=1S/C19H18N2/c1-15-6-5-13-20-19(15)21-14-16-9-11-18(12-10-16)17-7-3-2-4-8-17/h2-13H,14H2,1H3,(H,20,21). The van der Waals surface area contributed by atoms with E-state index >= 15 is 0 Å². The highest BCUT2D eigenvalue weighted by atomic mass is 15.0. The molecule has 0 aliphatic heterocycles. The van der Waals surface area contributed by atoms with Crippen molar-refractivity contribution in [2.24, 2.45) is 0 Å². The molecule has 0 fully saturated rings. The second-order valence-corrected chi connectivity index (χ2v) is 5.09. The van der Waals surface area contributed by atoms with Gasteiger partial charge < -0.3 is 5.32 Å². The normalized spacial score (nSPS) is 10.3. The van der Waals surface area contributed by atoms with Gasteiger partial charge in [0, 0.05) is 12.7 Å². The van der Waals surface area contributed by atoms with Crippen LogP contribution in [-0.4, -0.2) is 4.98 Å². The third-order valence-electron chi connectivity index (χ3n) is 3.53. The number of hydrogen-bond donors (Lipinski definition) is 1. The van der Waals surface area contributed by atoms with Crippen molar-refractivity contribution in [1.29, 1.82) is 0 Å². The third kappa shape index (κ3) is 3.29. The zero-order valence-corrected chi connectivity index (χ0v) is 12.1. The molecule has 0 radical (unpaired) electrons. The Hall–Kier alpha value is -2.61. The van der Waals surface area contributed by atoms with Gasteiger partial charge in [-0.1, -0.05) is 60.7 Å². The van der Waals surface area contributed by atoms with E-state index in [1.54, 1.807) is 0 Å². The first-order chi connectivity index (χ1) is 10.3. The average molecular weight is 274 g/mol. The lowest BCUT2D eigenvalue weighted by atomic mass is 10.0. The van der Waals surface area contributed by atoms with E-state index in [1.165, 1.54) is 22.3 Å². The summed E-state index contributed by atoms with van der Waals surface area (Å²) in [6.45, 7) is 2.85. The first-order valence-electron chi connectivity index (χ1n) is 7.13. The summed E-state index contributed by atoms with van der Waals surface area (Å²) in [5.74, 6) is 0.949. The highest BCUT2D eigenvalue weighted by molar-refractivity contribution is 5.63. The smallest absolute Gasteiger partial charge is 0.129 e. The van der Waals surface area contributed by atoms with Crippen LogP contribution >= 0.6 is 0 Å². The minimum atomic E-state index is 0.785. The molecule has 2 heteroatoms. The number of rotatable bonds is 4. The van der Waals surface area contributed by atoms with E-state index in [1.807, 2.05) is 18.3 Å². The van der Waals surface area contributed by atoms with Crippen molar-refractivity contribution in [3.8, 4) is 11.1 Å². The Labute approximate surface area is 125 Å². The van der Waals surface area contributed by atoms with Crippen molar-refractivity contribution in [2.75, 3.05) is 5.32 Å². The summed E-state index contributed by atoms with van der Waals surface area (Å²) in [6, 6.07) is 23.1. The number of hydrogen-bond acceptors (Lipinski definition) is 2. The van der Waals surface area contributed by atoms with Crippen LogP contribution < -0.4 is 5.32 Å². The molecule has 104 valence electrons. The number of aromatic nitrogens is 1. The molecule has 0 saturated heterocycles. The van der Waals surface area contributed by atoms with Crippen LogP contribution in [0.3, 0.4) is 0 Å². The lowest BCUT2D eigenvalue weighted by Crippen LogP contribution is -2.02. The van der Waals surface area contributed by atoms with Crippen molar-refractivity contribution < 1.29 is 0 Å². The number of nitrogens with one attached hydrogen (secondary N) is 1. The summed E-state index contributed by atoms with van der Waals surface area (Å²) in [5, 5.41) is 3.38. The number of benzene rings is 2. The third-order valence-corrected chi connectivity index (χ3v) is 3.53. The zero-order valence-electron chi connectivity index (χ0n) is 12.1. The second-order valence-electron chi connectivity index (χ2n) is 5.09. The van der Waals surface area contributed by atoms with Crippen LogP contribution in [0.1, 0.15) is 11.1 Å². The molecular formula is C19H18N2. The summed E-state index contributed by atoms with van der Waals surface area (Å²) >= 11 is 0. The van der Waals surface area contributed by atoms with E-state index in [0.29, 0.717) is 0 Å². The molecule has 0 bridgehead atoms. The maximum absolute atomic E-state index is 4.35. The van der Waals surface area contributed by atoms with Crippen LogP contribution in [0.4, 0.5) is 5.82 Å². The zero-order chi connectivity index (χ0) is 14.5. The molecule has 0 atom stereocenters. The van der Waals surface area contributed by atoms with E-state index < -0.39 is 0 Å². The average Bonchev–Trinajstić information content (AvgIpc) is 2.55. The van der Waals surface area contributed by atoms with Gasteiger partial charge in [-0.25, -0.2) is 4.98 Å².